The summed E-state index contributed by atoms with van der Waals surface area (Å²) >= 11 is 0. The Morgan fingerprint density at radius 2 is 1.77 bits per heavy atom. The van der Waals surface area contributed by atoms with Crippen LogP contribution in [0.4, 0.5) is 0 Å². The second-order valence-corrected chi connectivity index (χ2v) is 7.51. The van der Waals surface area contributed by atoms with Gasteiger partial charge < -0.3 is 9.64 Å². The standard InChI is InChI=1S/C20H28N2O4/c1-14-5-7-16(8-6-14)26-13-15-9-11-22(12-10-15)20(24)18-4-2-3-17(18)19(23)21-25/h5-8,15,17-18,25H,2-4,9-13H2,1H3,(H,21,23)/t17-,18-/m0/s1. The molecule has 1 aliphatic carbocycles. The summed E-state index contributed by atoms with van der Waals surface area (Å²) in [6, 6.07) is 8.05. The van der Waals surface area contributed by atoms with Crippen molar-refractivity contribution in [2.45, 2.75) is 39.0 Å². The Kier molecular flexibility index (Phi) is 6.14. The normalized spacial score (nSPS) is 23.7. The quantitative estimate of drug-likeness (QED) is 0.625. The number of piperidine rings is 1. The molecule has 142 valence electrons. The predicted octanol–water partition coefficient (Wildman–Crippen LogP) is 2.53. The van der Waals surface area contributed by atoms with Crippen molar-refractivity contribution in [1.82, 2.24) is 10.4 Å². The van der Waals surface area contributed by atoms with Gasteiger partial charge in [0.2, 0.25) is 11.8 Å². The van der Waals surface area contributed by atoms with Gasteiger partial charge in [-0.3, -0.25) is 14.8 Å². The average Bonchev–Trinajstić information content (AvgIpc) is 3.16. The first kappa shape index (κ1) is 18.7. The molecule has 3 rings (SSSR count). The number of ether oxygens (including phenoxy) is 1. The molecule has 6 nitrogen and oxygen atoms in total. The SMILES string of the molecule is Cc1ccc(OCC2CCN(C(=O)[C@H]3CCC[C@@H]3C(=O)NO)CC2)cc1. The fraction of sp³-hybridized carbons (Fsp3) is 0.600. The van der Waals surface area contributed by atoms with Gasteiger partial charge in [0.25, 0.3) is 0 Å². The van der Waals surface area contributed by atoms with E-state index in [1.807, 2.05) is 29.2 Å². The van der Waals surface area contributed by atoms with Crippen LogP contribution in [-0.2, 0) is 9.59 Å². The summed E-state index contributed by atoms with van der Waals surface area (Å²) in [5.41, 5.74) is 2.92. The van der Waals surface area contributed by atoms with Crippen LogP contribution in [0.5, 0.6) is 5.75 Å². The highest BCUT2D eigenvalue weighted by molar-refractivity contribution is 5.87. The molecule has 26 heavy (non-hydrogen) atoms. The van der Waals surface area contributed by atoms with Crippen LogP contribution in [0, 0.1) is 24.7 Å². The van der Waals surface area contributed by atoms with E-state index in [1.165, 1.54) is 5.56 Å². The smallest absolute Gasteiger partial charge is 0.247 e. The number of likely N-dealkylation sites (tertiary alicyclic amines) is 1. The zero-order valence-electron chi connectivity index (χ0n) is 15.3. The first-order chi connectivity index (χ1) is 12.6. The molecule has 2 atom stereocenters. The Labute approximate surface area is 154 Å². The van der Waals surface area contributed by atoms with Crippen LogP contribution in [0.3, 0.4) is 0 Å². The lowest BCUT2D eigenvalue weighted by Crippen LogP contribution is -2.45. The molecule has 0 spiro atoms. The van der Waals surface area contributed by atoms with Crippen LogP contribution in [0.15, 0.2) is 24.3 Å². The van der Waals surface area contributed by atoms with Gasteiger partial charge in [-0.25, -0.2) is 5.48 Å². The van der Waals surface area contributed by atoms with Gasteiger partial charge in [0.05, 0.1) is 12.5 Å². The van der Waals surface area contributed by atoms with E-state index in [-0.39, 0.29) is 11.8 Å². The zero-order valence-corrected chi connectivity index (χ0v) is 15.3. The van der Waals surface area contributed by atoms with Crippen molar-refractivity contribution in [1.29, 1.82) is 0 Å². The van der Waals surface area contributed by atoms with Crippen LogP contribution in [0.1, 0.15) is 37.7 Å². The van der Waals surface area contributed by atoms with Crippen molar-refractivity contribution in [3.8, 4) is 5.75 Å². The van der Waals surface area contributed by atoms with Crippen molar-refractivity contribution in [2.24, 2.45) is 17.8 Å². The molecule has 2 fully saturated rings. The number of benzene rings is 1. The summed E-state index contributed by atoms with van der Waals surface area (Å²) in [5.74, 6) is 0.284. The van der Waals surface area contributed by atoms with E-state index >= 15 is 0 Å². The lowest BCUT2D eigenvalue weighted by atomic mass is 9.91. The molecule has 1 aromatic carbocycles. The minimum Gasteiger partial charge on any atom is -0.493 e. The number of carbonyl (C=O) groups excluding carboxylic acids is 2. The Morgan fingerprint density at radius 3 is 2.42 bits per heavy atom. The van der Waals surface area contributed by atoms with Gasteiger partial charge in [0.1, 0.15) is 5.75 Å². The van der Waals surface area contributed by atoms with Crippen LogP contribution < -0.4 is 10.2 Å². The molecule has 0 unspecified atom stereocenters. The largest absolute Gasteiger partial charge is 0.493 e. The lowest BCUT2D eigenvalue weighted by Gasteiger charge is -2.34. The lowest BCUT2D eigenvalue weighted by molar-refractivity contribution is -0.144. The van der Waals surface area contributed by atoms with E-state index < -0.39 is 11.8 Å². The summed E-state index contributed by atoms with van der Waals surface area (Å²) in [7, 11) is 0. The van der Waals surface area contributed by atoms with E-state index in [1.54, 1.807) is 5.48 Å². The Morgan fingerprint density at radius 1 is 1.12 bits per heavy atom. The number of nitrogens with one attached hydrogen (secondary N) is 1. The molecule has 2 N–H and O–H groups in total. The summed E-state index contributed by atoms with van der Waals surface area (Å²) < 4.78 is 5.87. The predicted molar refractivity (Wildman–Crippen MR) is 96.7 cm³/mol. The van der Waals surface area contributed by atoms with Crippen LogP contribution >= 0.6 is 0 Å². The number of aryl methyl sites for hydroxylation is 1. The molecular weight excluding hydrogens is 332 g/mol. The Balaban J connectivity index is 1.46. The second-order valence-electron chi connectivity index (χ2n) is 7.51. The molecule has 2 amide bonds. The van der Waals surface area contributed by atoms with Crippen molar-refractivity contribution < 1.29 is 19.5 Å². The molecule has 1 heterocycles. The highest BCUT2D eigenvalue weighted by Crippen LogP contribution is 2.34. The molecule has 0 bridgehead atoms. The summed E-state index contributed by atoms with van der Waals surface area (Å²) in [5, 5.41) is 8.87. The maximum absolute atomic E-state index is 12.8. The van der Waals surface area contributed by atoms with E-state index in [0.29, 0.717) is 32.0 Å². The van der Waals surface area contributed by atoms with Gasteiger partial charge >= 0.3 is 0 Å². The van der Waals surface area contributed by atoms with E-state index in [0.717, 1.165) is 31.4 Å². The van der Waals surface area contributed by atoms with Crippen molar-refractivity contribution in [3.63, 3.8) is 0 Å². The number of carbonyl (C=O) groups is 2. The van der Waals surface area contributed by atoms with Gasteiger partial charge in [-0.15, -0.1) is 0 Å². The van der Waals surface area contributed by atoms with Gasteiger partial charge in [0, 0.05) is 19.0 Å². The maximum Gasteiger partial charge on any atom is 0.247 e. The molecule has 1 aromatic rings. The molecule has 6 heteroatoms. The third kappa shape index (κ3) is 4.36. The number of hydrogen-bond donors (Lipinski definition) is 2. The van der Waals surface area contributed by atoms with Gasteiger partial charge in [-0.2, -0.15) is 0 Å². The fourth-order valence-electron chi connectivity index (χ4n) is 4.06. The van der Waals surface area contributed by atoms with Crippen molar-refractivity contribution >= 4 is 11.8 Å². The highest BCUT2D eigenvalue weighted by Gasteiger charge is 2.40. The molecule has 0 radical (unpaired) electrons. The van der Waals surface area contributed by atoms with E-state index in [9.17, 15) is 9.59 Å². The number of amides is 2. The van der Waals surface area contributed by atoms with Gasteiger partial charge in [-0.1, -0.05) is 24.1 Å². The average molecular weight is 360 g/mol. The fourth-order valence-corrected chi connectivity index (χ4v) is 4.06. The van der Waals surface area contributed by atoms with Crippen molar-refractivity contribution in [3.05, 3.63) is 29.8 Å². The number of rotatable bonds is 5. The Hall–Kier alpha value is -2.08. The first-order valence-corrected chi connectivity index (χ1v) is 9.50. The maximum atomic E-state index is 12.8. The first-order valence-electron chi connectivity index (χ1n) is 9.50. The van der Waals surface area contributed by atoms with Crippen LogP contribution in [0.2, 0.25) is 0 Å². The van der Waals surface area contributed by atoms with Gasteiger partial charge in [-0.05, 0) is 50.7 Å². The number of hydrogen-bond acceptors (Lipinski definition) is 4. The minimum absolute atomic E-state index is 0.0639. The summed E-state index contributed by atoms with van der Waals surface area (Å²) in [6.45, 7) is 4.15. The molecule has 1 saturated carbocycles. The molecular formula is C20H28N2O4. The molecule has 1 aliphatic heterocycles. The zero-order chi connectivity index (χ0) is 18.5. The third-order valence-electron chi connectivity index (χ3n) is 5.71. The van der Waals surface area contributed by atoms with Crippen molar-refractivity contribution in [2.75, 3.05) is 19.7 Å². The monoisotopic (exact) mass is 360 g/mol. The number of hydroxylamine groups is 1. The van der Waals surface area contributed by atoms with Crippen LogP contribution in [0.25, 0.3) is 0 Å². The second kappa shape index (κ2) is 8.54. The molecule has 2 aliphatic rings. The van der Waals surface area contributed by atoms with Gasteiger partial charge in [0.15, 0.2) is 0 Å². The van der Waals surface area contributed by atoms with E-state index in [4.69, 9.17) is 9.94 Å². The minimum atomic E-state index is -0.428. The summed E-state index contributed by atoms with van der Waals surface area (Å²) in [6.07, 6.45) is 4.09. The molecule has 1 saturated heterocycles. The third-order valence-corrected chi connectivity index (χ3v) is 5.71. The summed E-state index contributed by atoms with van der Waals surface area (Å²) in [4.78, 5) is 26.4. The highest BCUT2D eigenvalue weighted by atomic mass is 16.5. The Bertz CT molecular complexity index is 623. The molecule has 0 aromatic heterocycles. The topological polar surface area (TPSA) is 78.9 Å². The van der Waals surface area contributed by atoms with E-state index in [2.05, 4.69) is 6.92 Å². The number of nitrogens with zero attached hydrogens (tertiary/aromatic N) is 1. The van der Waals surface area contributed by atoms with Crippen LogP contribution in [-0.4, -0.2) is 41.6 Å².